The van der Waals surface area contributed by atoms with Gasteiger partial charge in [-0.25, -0.2) is 0 Å². The molecule has 4 saturated carbocycles. The lowest BCUT2D eigenvalue weighted by molar-refractivity contribution is -0.252. The molecule has 0 N–H and O–H groups in total. The van der Waals surface area contributed by atoms with Crippen molar-refractivity contribution in [3.8, 4) is 0 Å². The highest BCUT2D eigenvalue weighted by atomic mass is 16.7. The number of hydrogen-bond donors (Lipinski definition) is 0. The van der Waals surface area contributed by atoms with Gasteiger partial charge >= 0.3 is 0 Å². The van der Waals surface area contributed by atoms with E-state index in [2.05, 4.69) is 27.7 Å². The molecule has 0 aromatic rings. The molecule has 1 spiro atoms. The van der Waals surface area contributed by atoms with Crippen LogP contribution < -0.4 is 0 Å². The van der Waals surface area contributed by atoms with Gasteiger partial charge in [0.2, 0.25) is 5.79 Å². The number of rotatable bonds is 0. The molecule has 3 heteroatoms. The highest BCUT2D eigenvalue weighted by molar-refractivity contribution is 5.87. The van der Waals surface area contributed by atoms with Crippen molar-refractivity contribution < 1.29 is 14.3 Å². The van der Waals surface area contributed by atoms with Crippen LogP contribution in [0.15, 0.2) is 0 Å². The molecule has 0 amide bonds. The quantitative estimate of drug-likeness (QED) is 0.487. The van der Waals surface area contributed by atoms with Gasteiger partial charge in [-0.05, 0) is 91.3 Å². The Morgan fingerprint density at radius 2 is 1.77 bits per heavy atom. The van der Waals surface area contributed by atoms with Gasteiger partial charge in [-0.2, -0.15) is 0 Å². The van der Waals surface area contributed by atoms with E-state index < -0.39 is 5.79 Å². The van der Waals surface area contributed by atoms with Crippen molar-refractivity contribution >= 4 is 5.78 Å². The molecule has 2 aliphatic heterocycles. The average molecular weight is 415 g/mol. The van der Waals surface area contributed by atoms with Crippen LogP contribution in [-0.2, 0) is 14.3 Å². The van der Waals surface area contributed by atoms with Gasteiger partial charge in [-0.3, -0.25) is 4.79 Å². The molecule has 6 aliphatic rings. The minimum absolute atomic E-state index is 0.190. The zero-order chi connectivity index (χ0) is 20.9. The normalized spacial score (nSPS) is 60.1. The van der Waals surface area contributed by atoms with Crippen molar-refractivity contribution in [2.45, 2.75) is 104 Å². The summed E-state index contributed by atoms with van der Waals surface area (Å²) in [7, 11) is 0. The first-order valence-electron chi connectivity index (χ1n) is 13.1. The molecule has 3 nitrogen and oxygen atoms in total. The topological polar surface area (TPSA) is 35.5 Å². The molecule has 2 saturated heterocycles. The van der Waals surface area contributed by atoms with Gasteiger partial charge in [-0.1, -0.05) is 40.5 Å². The first-order chi connectivity index (χ1) is 14.3. The molecule has 0 radical (unpaired) electrons. The maximum Gasteiger partial charge on any atom is 0.232 e. The molecule has 6 fully saturated rings. The molecule has 168 valence electrons. The maximum absolute atomic E-state index is 13.1. The summed E-state index contributed by atoms with van der Waals surface area (Å²) < 4.78 is 12.9. The molecule has 6 rings (SSSR count). The van der Waals surface area contributed by atoms with Crippen LogP contribution in [0.25, 0.3) is 0 Å². The summed E-state index contributed by atoms with van der Waals surface area (Å²) in [5, 5.41) is 0. The Labute approximate surface area is 183 Å². The van der Waals surface area contributed by atoms with Gasteiger partial charge < -0.3 is 9.47 Å². The summed E-state index contributed by atoms with van der Waals surface area (Å²) in [5.41, 5.74) is 0.909. The van der Waals surface area contributed by atoms with E-state index in [9.17, 15) is 4.79 Å². The van der Waals surface area contributed by atoms with Crippen LogP contribution in [0.1, 0.15) is 91.9 Å². The summed E-state index contributed by atoms with van der Waals surface area (Å²) in [6.45, 7) is 10.3. The predicted octanol–water partition coefficient (Wildman–Crippen LogP) is 6.00. The minimum Gasteiger partial charge on any atom is -0.343 e. The van der Waals surface area contributed by atoms with Crippen LogP contribution in [0.2, 0.25) is 0 Å². The average Bonchev–Trinajstić information content (AvgIpc) is 3.16. The number of ketones is 1. The molecule has 0 aromatic heterocycles. The van der Waals surface area contributed by atoms with Gasteiger partial charge in [0.15, 0.2) is 5.78 Å². The lowest BCUT2D eigenvalue weighted by Crippen LogP contribution is -2.56. The summed E-state index contributed by atoms with van der Waals surface area (Å²) in [6.07, 6.45) is 13.5. The number of hydrogen-bond acceptors (Lipinski definition) is 3. The van der Waals surface area contributed by atoms with E-state index in [1.807, 2.05) is 0 Å². The molecule has 30 heavy (non-hydrogen) atoms. The first kappa shape index (κ1) is 20.2. The molecule has 11 unspecified atom stereocenters. The fraction of sp³-hybridized carbons (Fsp3) is 0.963. The smallest absolute Gasteiger partial charge is 0.232 e. The first-order valence-corrected chi connectivity index (χ1v) is 13.1. The van der Waals surface area contributed by atoms with E-state index in [4.69, 9.17) is 9.47 Å². The number of fused-ring (bicyclic) bond motifs is 7. The Morgan fingerprint density at radius 3 is 2.57 bits per heavy atom. The van der Waals surface area contributed by atoms with Gasteiger partial charge in [0.1, 0.15) is 0 Å². The summed E-state index contributed by atoms with van der Waals surface area (Å²) in [6, 6.07) is 0. The molecule has 0 aromatic carbocycles. The molecule has 0 bridgehead atoms. The van der Waals surface area contributed by atoms with Crippen LogP contribution >= 0.6 is 0 Å². The van der Waals surface area contributed by atoms with Crippen molar-refractivity contribution in [2.75, 3.05) is 6.61 Å². The highest BCUT2D eigenvalue weighted by Crippen LogP contribution is 2.71. The monoisotopic (exact) mass is 414 g/mol. The third kappa shape index (κ3) is 2.43. The lowest BCUT2D eigenvalue weighted by Gasteiger charge is -2.60. The number of ether oxygens (including phenoxy) is 2. The highest BCUT2D eigenvalue weighted by Gasteiger charge is 2.70. The van der Waals surface area contributed by atoms with Crippen molar-refractivity contribution in [1.29, 1.82) is 0 Å². The van der Waals surface area contributed by atoms with E-state index in [1.54, 1.807) is 0 Å². The minimum atomic E-state index is -0.931. The largest absolute Gasteiger partial charge is 0.343 e. The van der Waals surface area contributed by atoms with Crippen molar-refractivity contribution in [3.05, 3.63) is 0 Å². The summed E-state index contributed by atoms with van der Waals surface area (Å²) >= 11 is 0. The van der Waals surface area contributed by atoms with Crippen molar-refractivity contribution in [1.82, 2.24) is 0 Å². The van der Waals surface area contributed by atoms with E-state index in [1.165, 1.54) is 57.8 Å². The van der Waals surface area contributed by atoms with Crippen LogP contribution in [0, 0.1) is 52.3 Å². The fourth-order valence-electron chi connectivity index (χ4n) is 10.3. The second-order valence-corrected chi connectivity index (χ2v) is 12.9. The predicted molar refractivity (Wildman–Crippen MR) is 117 cm³/mol. The van der Waals surface area contributed by atoms with E-state index >= 15 is 0 Å². The summed E-state index contributed by atoms with van der Waals surface area (Å²) in [5.74, 6) is 3.84. The van der Waals surface area contributed by atoms with Gasteiger partial charge in [-0.15, -0.1) is 0 Å². The van der Waals surface area contributed by atoms with E-state index in [0.717, 1.165) is 23.7 Å². The van der Waals surface area contributed by atoms with Crippen LogP contribution in [0.3, 0.4) is 0 Å². The Kier molecular flexibility index (Phi) is 4.42. The molecule has 11 atom stereocenters. The fourth-order valence-corrected chi connectivity index (χ4v) is 10.3. The SMILES string of the molecule is CC1COC2(OC3CC4C5CCC6CCCCC6(C)C5CCC4(C)C3C2C)C(=O)C1. The second kappa shape index (κ2) is 6.56. The van der Waals surface area contributed by atoms with Gasteiger partial charge in [0.25, 0.3) is 0 Å². The second-order valence-electron chi connectivity index (χ2n) is 12.9. The molecule has 4 aliphatic carbocycles. The number of carbonyl (C=O) groups is 1. The Hall–Kier alpha value is -0.410. The zero-order valence-electron chi connectivity index (χ0n) is 19.6. The van der Waals surface area contributed by atoms with Gasteiger partial charge in [0, 0.05) is 12.3 Å². The van der Waals surface area contributed by atoms with Crippen molar-refractivity contribution in [2.24, 2.45) is 52.3 Å². The molecular formula is C27H42O3. The van der Waals surface area contributed by atoms with Crippen LogP contribution in [0.5, 0.6) is 0 Å². The van der Waals surface area contributed by atoms with E-state index in [0.29, 0.717) is 35.7 Å². The van der Waals surface area contributed by atoms with Crippen LogP contribution in [-0.4, -0.2) is 24.3 Å². The Bertz CT molecular complexity index is 734. The van der Waals surface area contributed by atoms with E-state index in [-0.39, 0.29) is 17.8 Å². The van der Waals surface area contributed by atoms with Crippen molar-refractivity contribution in [3.63, 3.8) is 0 Å². The number of carbonyl (C=O) groups excluding carboxylic acids is 1. The lowest BCUT2D eigenvalue weighted by atomic mass is 9.44. The third-order valence-corrected chi connectivity index (χ3v) is 11.6. The molecule has 2 heterocycles. The zero-order valence-corrected chi connectivity index (χ0v) is 19.6. The Balaban J connectivity index is 1.29. The standard InChI is InChI=1S/C27H42O3/c1-16-13-23(28)27(29-15-16)17(2)24-22(30-27)14-21-19-9-8-18-7-5-6-11-25(18,3)20(19)10-12-26(21,24)4/h16-22,24H,5-15H2,1-4H3. The number of Topliss-reactive ketones (excluding diaryl/α,β-unsaturated/α-hetero) is 1. The van der Waals surface area contributed by atoms with Crippen LogP contribution in [0.4, 0.5) is 0 Å². The summed E-state index contributed by atoms with van der Waals surface area (Å²) in [4.78, 5) is 13.1. The Morgan fingerprint density at radius 1 is 0.933 bits per heavy atom. The maximum atomic E-state index is 13.1. The van der Waals surface area contributed by atoms with Gasteiger partial charge in [0.05, 0.1) is 12.7 Å². The third-order valence-electron chi connectivity index (χ3n) is 11.6. The molecular weight excluding hydrogens is 372 g/mol.